The van der Waals surface area contributed by atoms with Crippen molar-refractivity contribution >= 4 is 11.3 Å². The fourth-order valence-electron chi connectivity index (χ4n) is 1.08. The van der Waals surface area contributed by atoms with Gasteiger partial charge in [0.15, 0.2) is 6.29 Å². The minimum absolute atomic E-state index is 0.119. The van der Waals surface area contributed by atoms with Crippen LogP contribution >= 0.6 is 11.3 Å². The van der Waals surface area contributed by atoms with Gasteiger partial charge in [-0.25, -0.2) is 0 Å². The van der Waals surface area contributed by atoms with Crippen LogP contribution in [0.5, 0.6) is 0 Å². The Morgan fingerprint density at radius 1 is 1.31 bits per heavy atom. The van der Waals surface area contributed by atoms with Crippen LogP contribution < -0.4 is 0 Å². The van der Waals surface area contributed by atoms with E-state index in [0.29, 0.717) is 0 Å². The molecule has 0 amide bonds. The summed E-state index contributed by atoms with van der Waals surface area (Å²) in [6.45, 7) is 6.04. The second-order valence-electron chi connectivity index (χ2n) is 3.03. The molecular weight excluding hydrogens is 184 g/mol. The van der Waals surface area contributed by atoms with E-state index in [1.807, 2.05) is 13.8 Å². The van der Waals surface area contributed by atoms with E-state index in [-0.39, 0.29) is 12.4 Å². The molecule has 1 aromatic rings. The number of hydrogen-bond donors (Lipinski definition) is 0. The fourth-order valence-corrected chi connectivity index (χ4v) is 1.95. The molecule has 0 aliphatic rings. The highest BCUT2D eigenvalue weighted by atomic mass is 32.1. The predicted octanol–water partition coefficient (Wildman–Crippen LogP) is 3.13. The van der Waals surface area contributed by atoms with Crippen molar-refractivity contribution in [2.24, 2.45) is 0 Å². The largest absolute Gasteiger partial charge is 0.356 e. The third-order valence-electron chi connectivity index (χ3n) is 1.89. The van der Waals surface area contributed by atoms with Gasteiger partial charge >= 0.3 is 0 Å². The summed E-state index contributed by atoms with van der Waals surface area (Å²) in [5.41, 5.74) is 0. The topological polar surface area (TPSA) is 18.5 Å². The lowest BCUT2D eigenvalue weighted by Crippen LogP contribution is -2.12. The molecule has 0 bridgehead atoms. The Morgan fingerprint density at radius 3 is 2.46 bits per heavy atom. The van der Waals surface area contributed by atoms with E-state index in [1.165, 1.54) is 9.75 Å². The Labute approximate surface area is 83.5 Å². The molecule has 0 radical (unpaired) electrons. The van der Waals surface area contributed by atoms with Gasteiger partial charge in [0.05, 0.1) is 6.10 Å². The van der Waals surface area contributed by atoms with Crippen LogP contribution in [0.25, 0.3) is 0 Å². The summed E-state index contributed by atoms with van der Waals surface area (Å²) in [7, 11) is 1.65. The minimum atomic E-state index is -0.141. The van der Waals surface area contributed by atoms with E-state index < -0.39 is 0 Å². The van der Waals surface area contributed by atoms with Crippen LogP contribution in [0.4, 0.5) is 0 Å². The molecule has 0 N–H and O–H groups in total. The maximum atomic E-state index is 5.59. The molecule has 3 heteroatoms. The minimum Gasteiger partial charge on any atom is -0.356 e. The first-order valence-electron chi connectivity index (χ1n) is 4.38. The molecule has 1 aromatic heterocycles. The highest BCUT2D eigenvalue weighted by Gasteiger charge is 2.11. The van der Waals surface area contributed by atoms with Crippen LogP contribution in [0.2, 0.25) is 0 Å². The van der Waals surface area contributed by atoms with Gasteiger partial charge in [0.1, 0.15) is 0 Å². The number of rotatable bonds is 4. The van der Waals surface area contributed by atoms with Gasteiger partial charge < -0.3 is 9.47 Å². The molecule has 1 rings (SSSR count). The van der Waals surface area contributed by atoms with Crippen LogP contribution in [0.3, 0.4) is 0 Å². The van der Waals surface area contributed by atoms with E-state index in [1.54, 1.807) is 18.4 Å². The van der Waals surface area contributed by atoms with E-state index in [9.17, 15) is 0 Å². The maximum Gasteiger partial charge on any atom is 0.155 e. The number of hydrogen-bond acceptors (Lipinski definition) is 3. The lowest BCUT2D eigenvalue weighted by atomic mass is 10.3. The van der Waals surface area contributed by atoms with Crippen molar-refractivity contribution in [3.8, 4) is 0 Å². The van der Waals surface area contributed by atoms with Gasteiger partial charge in [-0.15, -0.1) is 11.3 Å². The van der Waals surface area contributed by atoms with Crippen molar-refractivity contribution in [2.45, 2.75) is 33.2 Å². The Bertz CT molecular complexity index is 257. The summed E-state index contributed by atoms with van der Waals surface area (Å²) in [6, 6.07) is 4.21. The first kappa shape index (κ1) is 10.7. The molecule has 2 atom stereocenters. The zero-order chi connectivity index (χ0) is 9.84. The van der Waals surface area contributed by atoms with Crippen LogP contribution in [-0.2, 0) is 9.47 Å². The smallest absolute Gasteiger partial charge is 0.155 e. The molecule has 1 heterocycles. The van der Waals surface area contributed by atoms with E-state index >= 15 is 0 Å². The maximum absolute atomic E-state index is 5.59. The molecule has 0 spiro atoms. The van der Waals surface area contributed by atoms with Gasteiger partial charge in [0, 0.05) is 16.9 Å². The van der Waals surface area contributed by atoms with Gasteiger partial charge in [0.2, 0.25) is 0 Å². The second kappa shape index (κ2) is 4.74. The molecule has 0 saturated carbocycles. The summed E-state index contributed by atoms with van der Waals surface area (Å²) in [5, 5.41) is 0. The molecule has 0 aliphatic heterocycles. The van der Waals surface area contributed by atoms with Crippen molar-refractivity contribution in [3.05, 3.63) is 21.9 Å². The molecule has 2 unspecified atom stereocenters. The summed E-state index contributed by atoms with van der Waals surface area (Å²) >= 11 is 1.77. The van der Waals surface area contributed by atoms with Gasteiger partial charge in [-0.2, -0.15) is 0 Å². The van der Waals surface area contributed by atoms with Crippen molar-refractivity contribution in [1.29, 1.82) is 0 Å². The van der Waals surface area contributed by atoms with E-state index in [0.717, 1.165) is 0 Å². The number of ether oxygens (including phenoxy) is 2. The van der Waals surface area contributed by atoms with Gasteiger partial charge in [-0.3, -0.25) is 0 Å². The van der Waals surface area contributed by atoms with Crippen LogP contribution in [0.1, 0.15) is 29.7 Å². The molecule has 0 fully saturated rings. The normalized spacial score (nSPS) is 15.7. The van der Waals surface area contributed by atoms with Crippen molar-refractivity contribution in [1.82, 2.24) is 0 Å². The number of methoxy groups -OCH3 is 1. The van der Waals surface area contributed by atoms with Crippen LogP contribution in [0, 0.1) is 6.92 Å². The van der Waals surface area contributed by atoms with Crippen LogP contribution in [-0.4, -0.2) is 13.4 Å². The number of aryl methyl sites for hydroxylation is 1. The van der Waals surface area contributed by atoms with Crippen molar-refractivity contribution in [2.75, 3.05) is 7.11 Å². The first-order chi connectivity index (χ1) is 6.13. The molecule has 0 aliphatic carbocycles. The van der Waals surface area contributed by atoms with Gasteiger partial charge in [0.25, 0.3) is 0 Å². The Balaban J connectivity index is 2.53. The van der Waals surface area contributed by atoms with Crippen LogP contribution in [0.15, 0.2) is 12.1 Å². The number of thiophene rings is 1. The summed E-state index contributed by atoms with van der Waals surface area (Å²) in [4.78, 5) is 2.57. The third kappa shape index (κ3) is 3.10. The standard InChI is InChI=1S/C10H16O2S/c1-7-5-6-10(13-7)8(2)12-9(3)11-4/h5-6,8-9H,1-4H3. The van der Waals surface area contributed by atoms with Crippen molar-refractivity contribution < 1.29 is 9.47 Å². The SMILES string of the molecule is COC(C)OC(C)c1ccc(C)s1. The molecular formula is C10H16O2S. The molecule has 0 aromatic carbocycles. The summed E-state index contributed by atoms with van der Waals surface area (Å²) in [6.07, 6.45) is -0.0222. The summed E-state index contributed by atoms with van der Waals surface area (Å²) < 4.78 is 10.6. The molecule has 0 saturated heterocycles. The monoisotopic (exact) mass is 200 g/mol. The van der Waals surface area contributed by atoms with Gasteiger partial charge in [-0.1, -0.05) is 0 Å². The highest BCUT2D eigenvalue weighted by molar-refractivity contribution is 7.11. The zero-order valence-electron chi connectivity index (χ0n) is 8.53. The third-order valence-corrected chi connectivity index (χ3v) is 3.05. The quantitative estimate of drug-likeness (QED) is 0.695. The Hall–Kier alpha value is -0.380. The van der Waals surface area contributed by atoms with Crippen molar-refractivity contribution in [3.63, 3.8) is 0 Å². The second-order valence-corrected chi connectivity index (χ2v) is 4.35. The van der Waals surface area contributed by atoms with Gasteiger partial charge in [-0.05, 0) is 32.9 Å². The molecule has 74 valence electrons. The fraction of sp³-hybridized carbons (Fsp3) is 0.600. The van der Waals surface area contributed by atoms with E-state index in [2.05, 4.69) is 19.1 Å². The Morgan fingerprint density at radius 2 is 2.00 bits per heavy atom. The predicted molar refractivity (Wildman–Crippen MR) is 55.0 cm³/mol. The lowest BCUT2D eigenvalue weighted by Gasteiger charge is -2.16. The average Bonchev–Trinajstić information content (AvgIpc) is 2.51. The summed E-state index contributed by atoms with van der Waals surface area (Å²) in [5.74, 6) is 0. The lowest BCUT2D eigenvalue weighted by molar-refractivity contribution is -0.140. The average molecular weight is 200 g/mol. The first-order valence-corrected chi connectivity index (χ1v) is 5.19. The highest BCUT2D eigenvalue weighted by Crippen LogP contribution is 2.25. The van der Waals surface area contributed by atoms with E-state index in [4.69, 9.17) is 9.47 Å². The Kier molecular flexibility index (Phi) is 3.90. The zero-order valence-corrected chi connectivity index (χ0v) is 9.35. The molecule has 13 heavy (non-hydrogen) atoms. The molecule has 2 nitrogen and oxygen atoms in total.